The molecule has 0 atom stereocenters. The molecule has 1 amide bonds. The molecule has 138 valence electrons. The number of likely N-dealkylation sites (N-methyl/N-ethyl adjacent to an activating group) is 1. The van der Waals surface area contributed by atoms with Gasteiger partial charge in [0.05, 0.1) is 10.6 Å². The summed E-state index contributed by atoms with van der Waals surface area (Å²) in [6.45, 7) is 4.01. The highest BCUT2D eigenvalue weighted by Crippen LogP contribution is 2.23. The van der Waals surface area contributed by atoms with Crippen LogP contribution in [0.25, 0.3) is 11.3 Å². The molecule has 1 N–H and O–H groups in total. The Balaban J connectivity index is 1.47. The molecule has 0 saturated carbocycles. The zero-order valence-corrected chi connectivity index (χ0v) is 15.9. The molecule has 27 heavy (non-hydrogen) atoms. The second kappa shape index (κ2) is 7.85. The molecular formula is C20H21N5OS. The highest BCUT2D eigenvalue weighted by molar-refractivity contribution is 7.12. The molecule has 1 fully saturated rings. The van der Waals surface area contributed by atoms with Crippen LogP contribution in [0.1, 0.15) is 9.67 Å². The summed E-state index contributed by atoms with van der Waals surface area (Å²) < 4.78 is 0. The maximum Gasteiger partial charge on any atom is 0.265 e. The predicted octanol–water partition coefficient (Wildman–Crippen LogP) is 3.21. The topological polar surface area (TPSA) is 61.4 Å². The van der Waals surface area contributed by atoms with Crippen molar-refractivity contribution in [3.05, 3.63) is 58.8 Å². The standard InChI is InChI=1S/C20H21N5OS/c1-24-9-11-25(12-10-24)19-8-7-17(22-23-19)15-4-2-5-16(14-15)21-20(26)18-6-3-13-27-18/h2-8,13-14H,9-12H2,1H3,(H,21,26). The minimum atomic E-state index is -0.0985. The molecule has 3 aromatic rings. The van der Waals surface area contributed by atoms with Crippen LogP contribution in [-0.4, -0.2) is 54.2 Å². The number of carbonyl (C=O) groups is 1. The van der Waals surface area contributed by atoms with Crippen molar-refractivity contribution in [1.82, 2.24) is 15.1 Å². The maximum absolute atomic E-state index is 12.2. The molecule has 0 aliphatic carbocycles. The molecule has 0 spiro atoms. The van der Waals surface area contributed by atoms with Gasteiger partial charge in [0.2, 0.25) is 0 Å². The third kappa shape index (κ3) is 4.15. The molecule has 1 aliphatic heterocycles. The number of hydrogen-bond donors (Lipinski definition) is 1. The predicted molar refractivity (Wildman–Crippen MR) is 109 cm³/mol. The second-order valence-corrected chi connectivity index (χ2v) is 7.53. The molecule has 1 saturated heterocycles. The van der Waals surface area contributed by atoms with Crippen LogP contribution in [0.3, 0.4) is 0 Å². The molecule has 0 unspecified atom stereocenters. The monoisotopic (exact) mass is 379 g/mol. The van der Waals surface area contributed by atoms with Crippen LogP contribution in [0.2, 0.25) is 0 Å². The molecular weight excluding hydrogens is 358 g/mol. The number of aromatic nitrogens is 2. The van der Waals surface area contributed by atoms with Gasteiger partial charge in [0.25, 0.3) is 5.91 Å². The second-order valence-electron chi connectivity index (χ2n) is 6.58. The van der Waals surface area contributed by atoms with E-state index < -0.39 is 0 Å². The summed E-state index contributed by atoms with van der Waals surface area (Å²) in [6, 6.07) is 15.4. The summed E-state index contributed by atoms with van der Waals surface area (Å²) in [7, 11) is 2.14. The molecule has 2 aromatic heterocycles. The summed E-state index contributed by atoms with van der Waals surface area (Å²) in [5.41, 5.74) is 2.47. The fourth-order valence-corrected chi connectivity index (χ4v) is 3.66. The number of anilines is 2. The largest absolute Gasteiger partial charge is 0.353 e. The van der Waals surface area contributed by atoms with Crippen molar-refractivity contribution in [3.63, 3.8) is 0 Å². The van der Waals surface area contributed by atoms with Crippen molar-refractivity contribution in [2.45, 2.75) is 0 Å². The Kier molecular flexibility index (Phi) is 5.13. The van der Waals surface area contributed by atoms with E-state index in [1.54, 1.807) is 0 Å². The number of rotatable bonds is 4. The molecule has 1 aliphatic rings. The Bertz CT molecular complexity index is 902. The number of nitrogens with zero attached hydrogens (tertiary/aromatic N) is 4. The van der Waals surface area contributed by atoms with Crippen molar-refractivity contribution >= 4 is 28.7 Å². The highest BCUT2D eigenvalue weighted by Gasteiger charge is 2.16. The molecule has 6 nitrogen and oxygen atoms in total. The molecule has 7 heteroatoms. The summed E-state index contributed by atoms with van der Waals surface area (Å²) in [4.78, 5) is 17.5. The fourth-order valence-electron chi connectivity index (χ4n) is 3.04. The van der Waals surface area contributed by atoms with E-state index in [2.05, 4.69) is 32.4 Å². The van der Waals surface area contributed by atoms with Crippen molar-refractivity contribution in [2.24, 2.45) is 0 Å². The zero-order chi connectivity index (χ0) is 18.6. The number of amides is 1. The highest BCUT2D eigenvalue weighted by atomic mass is 32.1. The lowest BCUT2D eigenvalue weighted by Crippen LogP contribution is -2.44. The minimum absolute atomic E-state index is 0.0985. The van der Waals surface area contributed by atoms with Crippen LogP contribution >= 0.6 is 11.3 Å². The first kappa shape index (κ1) is 17.6. The van der Waals surface area contributed by atoms with Crippen molar-refractivity contribution < 1.29 is 4.79 Å². The maximum atomic E-state index is 12.2. The number of piperazine rings is 1. The van der Waals surface area contributed by atoms with Gasteiger partial charge < -0.3 is 15.1 Å². The first-order valence-corrected chi connectivity index (χ1v) is 9.79. The SMILES string of the molecule is CN1CCN(c2ccc(-c3cccc(NC(=O)c4cccs4)c3)nn2)CC1. The van der Waals surface area contributed by atoms with Gasteiger partial charge in [0.1, 0.15) is 0 Å². The van der Waals surface area contributed by atoms with Gasteiger partial charge in [-0.15, -0.1) is 21.5 Å². The Hall–Kier alpha value is -2.77. The van der Waals surface area contributed by atoms with E-state index in [0.29, 0.717) is 4.88 Å². The Morgan fingerprint density at radius 2 is 1.89 bits per heavy atom. The van der Waals surface area contributed by atoms with E-state index in [4.69, 9.17) is 0 Å². The van der Waals surface area contributed by atoms with Crippen LogP contribution in [-0.2, 0) is 0 Å². The summed E-state index contributed by atoms with van der Waals surface area (Å²) in [5, 5.41) is 13.6. The molecule has 0 radical (unpaired) electrons. The number of carbonyl (C=O) groups excluding carboxylic acids is 1. The van der Waals surface area contributed by atoms with Crippen LogP contribution < -0.4 is 10.2 Å². The van der Waals surface area contributed by atoms with E-state index in [-0.39, 0.29) is 5.91 Å². The average molecular weight is 379 g/mol. The smallest absolute Gasteiger partial charge is 0.265 e. The number of benzene rings is 1. The number of hydrogen-bond acceptors (Lipinski definition) is 6. The van der Waals surface area contributed by atoms with Gasteiger partial charge in [-0.3, -0.25) is 4.79 Å². The van der Waals surface area contributed by atoms with E-state index >= 15 is 0 Å². The van der Waals surface area contributed by atoms with Crippen molar-refractivity contribution in [3.8, 4) is 11.3 Å². The first-order chi connectivity index (χ1) is 13.2. The van der Waals surface area contributed by atoms with Gasteiger partial charge in [0.15, 0.2) is 5.82 Å². The van der Waals surface area contributed by atoms with E-state index in [0.717, 1.165) is 48.9 Å². The first-order valence-electron chi connectivity index (χ1n) is 8.91. The van der Waals surface area contributed by atoms with E-state index in [1.165, 1.54) is 11.3 Å². The minimum Gasteiger partial charge on any atom is -0.353 e. The Morgan fingerprint density at radius 3 is 2.59 bits per heavy atom. The van der Waals surface area contributed by atoms with Gasteiger partial charge in [-0.1, -0.05) is 18.2 Å². The van der Waals surface area contributed by atoms with Crippen LogP contribution in [0, 0.1) is 0 Å². The molecule has 0 bridgehead atoms. The Morgan fingerprint density at radius 1 is 1.04 bits per heavy atom. The van der Waals surface area contributed by atoms with Crippen molar-refractivity contribution in [1.29, 1.82) is 0 Å². The van der Waals surface area contributed by atoms with Crippen LogP contribution in [0.5, 0.6) is 0 Å². The van der Waals surface area contributed by atoms with Gasteiger partial charge in [0, 0.05) is 37.4 Å². The third-order valence-corrected chi connectivity index (χ3v) is 5.51. The normalized spacial score (nSPS) is 14.9. The van der Waals surface area contributed by atoms with Crippen LogP contribution in [0.4, 0.5) is 11.5 Å². The lowest BCUT2D eigenvalue weighted by atomic mass is 10.1. The zero-order valence-electron chi connectivity index (χ0n) is 15.1. The number of thiophene rings is 1. The van der Waals surface area contributed by atoms with Gasteiger partial charge in [-0.2, -0.15) is 0 Å². The lowest BCUT2D eigenvalue weighted by molar-refractivity contribution is 0.103. The molecule has 1 aromatic carbocycles. The van der Waals surface area contributed by atoms with Gasteiger partial charge >= 0.3 is 0 Å². The third-order valence-electron chi connectivity index (χ3n) is 4.64. The van der Waals surface area contributed by atoms with Crippen molar-refractivity contribution in [2.75, 3.05) is 43.4 Å². The summed E-state index contributed by atoms with van der Waals surface area (Å²) >= 11 is 1.42. The molecule has 3 heterocycles. The quantitative estimate of drug-likeness (QED) is 0.754. The van der Waals surface area contributed by atoms with E-state index in [9.17, 15) is 4.79 Å². The van der Waals surface area contributed by atoms with Gasteiger partial charge in [-0.25, -0.2) is 0 Å². The number of nitrogens with one attached hydrogen (secondary N) is 1. The van der Waals surface area contributed by atoms with Crippen LogP contribution in [0.15, 0.2) is 53.9 Å². The Labute approximate surface area is 162 Å². The summed E-state index contributed by atoms with van der Waals surface area (Å²) in [6.07, 6.45) is 0. The van der Waals surface area contributed by atoms with E-state index in [1.807, 2.05) is 53.9 Å². The summed E-state index contributed by atoms with van der Waals surface area (Å²) in [5.74, 6) is 0.813. The fraction of sp³-hybridized carbons (Fsp3) is 0.250. The molecule has 4 rings (SSSR count). The average Bonchev–Trinajstić information content (AvgIpc) is 3.24. The lowest BCUT2D eigenvalue weighted by Gasteiger charge is -2.32. The van der Waals surface area contributed by atoms with Gasteiger partial charge in [-0.05, 0) is 42.8 Å².